The van der Waals surface area contributed by atoms with Crippen LogP contribution in [-0.2, 0) is 14.3 Å². The van der Waals surface area contributed by atoms with Crippen LogP contribution in [0.5, 0.6) is 0 Å². The second kappa shape index (κ2) is 37.7. The molecule has 0 aliphatic carbocycles. The van der Waals surface area contributed by atoms with Gasteiger partial charge in [0.25, 0.3) is 0 Å². The zero-order valence-electron chi connectivity index (χ0n) is 27.3. The summed E-state index contributed by atoms with van der Waals surface area (Å²) in [5, 5.41) is 8.35. The highest BCUT2D eigenvalue weighted by molar-refractivity contribution is 5.69. The van der Waals surface area contributed by atoms with E-state index >= 15 is 0 Å². The van der Waals surface area contributed by atoms with Crippen molar-refractivity contribution >= 4 is 11.9 Å². The Bertz CT molecular complexity index is 529. The Kier molecular flexibility index (Phi) is 38.5. The standard InChI is InChI=1S/C26H50O2.C10H20O2/c1-3-5-7-9-10-11-12-13-14-15-16-17-18-19-21-23-25-28-26(27)24-22-20-8-6-4-2;1-2-3-4-5-6-7-8-9-10(11)12/h13-14H,3-12,15-25H2,1-2H3;2-9H2,1H3,(H,11,12)/b14-13-;. The molecule has 0 rings (SSSR count). The van der Waals surface area contributed by atoms with Gasteiger partial charge < -0.3 is 9.84 Å². The molecule has 4 nitrogen and oxygen atoms in total. The van der Waals surface area contributed by atoms with Gasteiger partial charge in [-0.1, -0.05) is 155 Å². The van der Waals surface area contributed by atoms with Crippen molar-refractivity contribution in [3.63, 3.8) is 0 Å². The van der Waals surface area contributed by atoms with Gasteiger partial charge in [0.15, 0.2) is 0 Å². The van der Waals surface area contributed by atoms with Crippen molar-refractivity contribution < 1.29 is 19.4 Å². The fourth-order valence-corrected chi connectivity index (χ4v) is 4.71. The number of rotatable bonds is 30. The van der Waals surface area contributed by atoms with Crippen molar-refractivity contribution in [1.29, 1.82) is 0 Å². The number of carboxylic acid groups (broad SMARTS) is 1. The minimum Gasteiger partial charge on any atom is -0.481 e. The lowest BCUT2D eigenvalue weighted by molar-refractivity contribution is -0.144. The molecule has 40 heavy (non-hydrogen) atoms. The Morgan fingerprint density at radius 2 is 0.825 bits per heavy atom. The van der Waals surface area contributed by atoms with Crippen LogP contribution in [0.25, 0.3) is 0 Å². The molecule has 0 atom stereocenters. The van der Waals surface area contributed by atoms with Crippen LogP contribution in [0.3, 0.4) is 0 Å². The zero-order chi connectivity index (χ0) is 29.8. The fraction of sp³-hybridized carbons (Fsp3) is 0.889. The van der Waals surface area contributed by atoms with Gasteiger partial charge >= 0.3 is 11.9 Å². The number of esters is 1. The first-order valence-corrected chi connectivity index (χ1v) is 17.6. The number of hydrogen-bond donors (Lipinski definition) is 1. The van der Waals surface area contributed by atoms with E-state index in [4.69, 9.17) is 9.84 Å². The van der Waals surface area contributed by atoms with Crippen LogP contribution < -0.4 is 0 Å². The third-order valence-electron chi connectivity index (χ3n) is 7.40. The highest BCUT2D eigenvalue weighted by Gasteiger charge is 2.02. The maximum Gasteiger partial charge on any atom is 0.305 e. The predicted octanol–water partition coefficient (Wildman–Crippen LogP) is 12.1. The van der Waals surface area contributed by atoms with E-state index in [1.165, 1.54) is 135 Å². The summed E-state index contributed by atoms with van der Waals surface area (Å²) in [4.78, 5) is 21.7. The van der Waals surface area contributed by atoms with Gasteiger partial charge in [-0.05, 0) is 44.9 Å². The average Bonchev–Trinajstić information content (AvgIpc) is 2.94. The number of carbonyl (C=O) groups is 2. The number of carboxylic acids is 1. The Balaban J connectivity index is 0. The Morgan fingerprint density at radius 3 is 1.25 bits per heavy atom. The van der Waals surface area contributed by atoms with Crippen LogP contribution in [0.15, 0.2) is 12.2 Å². The lowest BCUT2D eigenvalue weighted by Gasteiger charge is -2.05. The highest BCUT2D eigenvalue weighted by Crippen LogP contribution is 2.11. The number of ether oxygens (including phenoxy) is 1. The van der Waals surface area contributed by atoms with E-state index < -0.39 is 5.97 Å². The highest BCUT2D eigenvalue weighted by atomic mass is 16.5. The molecule has 0 unspecified atom stereocenters. The van der Waals surface area contributed by atoms with Crippen LogP contribution >= 0.6 is 0 Å². The van der Waals surface area contributed by atoms with Gasteiger partial charge in [0.2, 0.25) is 0 Å². The molecule has 1 N–H and O–H groups in total. The van der Waals surface area contributed by atoms with Crippen molar-refractivity contribution in [2.45, 2.75) is 201 Å². The first-order chi connectivity index (χ1) is 19.6. The molecule has 0 saturated heterocycles. The van der Waals surface area contributed by atoms with Crippen LogP contribution in [0.4, 0.5) is 0 Å². The van der Waals surface area contributed by atoms with Gasteiger partial charge in [0.05, 0.1) is 6.61 Å². The van der Waals surface area contributed by atoms with Crippen molar-refractivity contribution in [3.8, 4) is 0 Å². The topological polar surface area (TPSA) is 63.6 Å². The SMILES string of the molecule is CCCCCCCC/C=C\CCCCCCCCOC(=O)CCCCCCC.CCCCCCCCCC(=O)O. The van der Waals surface area contributed by atoms with Gasteiger partial charge in [-0.15, -0.1) is 0 Å². The summed E-state index contributed by atoms with van der Waals surface area (Å²) in [5.41, 5.74) is 0. The first-order valence-electron chi connectivity index (χ1n) is 17.6. The normalized spacial score (nSPS) is 11.0. The molecular weight excluding hydrogens is 496 g/mol. The average molecular weight is 567 g/mol. The number of unbranched alkanes of at least 4 members (excludes halogenated alkanes) is 22. The molecule has 4 heteroatoms. The molecule has 0 radical (unpaired) electrons. The summed E-state index contributed by atoms with van der Waals surface area (Å²) >= 11 is 0. The van der Waals surface area contributed by atoms with Crippen LogP contribution in [-0.4, -0.2) is 23.7 Å². The summed E-state index contributed by atoms with van der Waals surface area (Å²) in [6.45, 7) is 7.31. The second-order valence-corrected chi connectivity index (χ2v) is 11.6. The number of hydrogen-bond acceptors (Lipinski definition) is 3. The second-order valence-electron chi connectivity index (χ2n) is 11.6. The maximum absolute atomic E-state index is 11.6. The van der Waals surface area contributed by atoms with Crippen LogP contribution in [0.1, 0.15) is 201 Å². The minimum atomic E-state index is -0.663. The zero-order valence-corrected chi connectivity index (χ0v) is 27.3. The maximum atomic E-state index is 11.6. The van der Waals surface area contributed by atoms with Gasteiger partial charge in [0, 0.05) is 12.8 Å². The molecule has 0 aliphatic heterocycles. The van der Waals surface area contributed by atoms with Crippen LogP contribution in [0, 0.1) is 0 Å². The van der Waals surface area contributed by atoms with Gasteiger partial charge in [-0.2, -0.15) is 0 Å². The van der Waals surface area contributed by atoms with E-state index in [0.717, 1.165) is 32.1 Å². The fourth-order valence-electron chi connectivity index (χ4n) is 4.71. The number of aliphatic carboxylic acids is 1. The summed E-state index contributed by atoms with van der Waals surface area (Å²) in [5.74, 6) is -0.659. The Morgan fingerprint density at radius 1 is 0.475 bits per heavy atom. The molecule has 0 spiro atoms. The Hall–Kier alpha value is -1.32. The van der Waals surface area contributed by atoms with Crippen LogP contribution in [0.2, 0.25) is 0 Å². The lowest BCUT2D eigenvalue weighted by Crippen LogP contribution is -2.05. The van der Waals surface area contributed by atoms with E-state index in [0.29, 0.717) is 19.4 Å². The van der Waals surface area contributed by atoms with Gasteiger partial charge in [-0.25, -0.2) is 0 Å². The van der Waals surface area contributed by atoms with E-state index in [1.54, 1.807) is 0 Å². The number of carbonyl (C=O) groups excluding carboxylic acids is 1. The molecular formula is C36H70O4. The van der Waals surface area contributed by atoms with E-state index in [-0.39, 0.29) is 5.97 Å². The number of allylic oxidation sites excluding steroid dienone is 2. The van der Waals surface area contributed by atoms with E-state index in [1.807, 2.05) is 0 Å². The molecule has 0 aliphatic rings. The van der Waals surface area contributed by atoms with Gasteiger partial charge in [0.1, 0.15) is 0 Å². The van der Waals surface area contributed by atoms with Crippen molar-refractivity contribution in [2.75, 3.05) is 6.61 Å². The van der Waals surface area contributed by atoms with E-state index in [9.17, 15) is 9.59 Å². The summed E-state index contributed by atoms with van der Waals surface area (Å²) in [6.07, 6.45) is 38.3. The van der Waals surface area contributed by atoms with Crippen molar-refractivity contribution in [2.24, 2.45) is 0 Å². The first kappa shape index (κ1) is 40.8. The van der Waals surface area contributed by atoms with Gasteiger partial charge in [-0.3, -0.25) is 9.59 Å². The summed E-state index contributed by atoms with van der Waals surface area (Å²) in [7, 11) is 0. The van der Waals surface area contributed by atoms with Crippen molar-refractivity contribution in [1.82, 2.24) is 0 Å². The molecule has 238 valence electrons. The molecule has 0 bridgehead atoms. The predicted molar refractivity (Wildman–Crippen MR) is 174 cm³/mol. The molecule has 0 saturated carbocycles. The summed E-state index contributed by atoms with van der Waals surface area (Å²) in [6, 6.07) is 0. The monoisotopic (exact) mass is 567 g/mol. The lowest BCUT2D eigenvalue weighted by atomic mass is 10.1. The largest absolute Gasteiger partial charge is 0.481 e. The smallest absolute Gasteiger partial charge is 0.305 e. The summed E-state index contributed by atoms with van der Waals surface area (Å²) < 4.78 is 5.32. The molecule has 0 fully saturated rings. The molecule has 0 amide bonds. The molecule has 0 aromatic carbocycles. The molecule has 0 aromatic rings. The third-order valence-corrected chi connectivity index (χ3v) is 7.40. The molecule has 0 aromatic heterocycles. The minimum absolute atomic E-state index is 0.00393. The quantitative estimate of drug-likeness (QED) is 0.0533. The van der Waals surface area contributed by atoms with Crippen molar-refractivity contribution in [3.05, 3.63) is 12.2 Å². The Labute approximate surface area is 250 Å². The molecule has 0 heterocycles. The third kappa shape index (κ3) is 41.2. The van der Waals surface area contributed by atoms with E-state index in [2.05, 4.69) is 32.9 Å².